The molecule has 27 heavy (non-hydrogen) atoms. The van der Waals surface area contributed by atoms with Gasteiger partial charge in [-0.1, -0.05) is 30.3 Å². The van der Waals surface area contributed by atoms with Gasteiger partial charge in [0, 0.05) is 18.7 Å². The van der Waals surface area contributed by atoms with Crippen LogP contribution in [0.15, 0.2) is 42.6 Å². The quantitative estimate of drug-likeness (QED) is 0.741. The summed E-state index contributed by atoms with van der Waals surface area (Å²) < 4.78 is 46.2. The van der Waals surface area contributed by atoms with E-state index >= 15 is 0 Å². The van der Waals surface area contributed by atoms with Crippen LogP contribution in [0.2, 0.25) is 0 Å². The summed E-state index contributed by atoms with van der Waals surface area (Å²) in [7, 11) is 1.49. The van der Waals surface area contributed by atoms with Gasteiger partial charge in [0.05, 0.1) is 18.5 Å². The molecule has 9 heteroatoms. The van der Waals surface area contributed by atoms with E-state index in [-0.39, 0.29) is 29.6 Å². The molecule has 1 atom stereocenters. The van der Waals surface area contributed by atoms with Gasteiger partial charge in [-0.05, 0) is 13.0 Å². The van der Waals surface area contributed by atoms with Gasteiger partial charge in [0.15, 0.2) is 11.3 Å². The highest BCUT2D eigenvalue weighted by atomic mass is 19.4. The van der Waals surface area contributed by atoms with Crippen LogP contribution in [0.5, 0.6) is 0 Å². The maximum absolute atomic E-state index is 13.5. The molecule has 0 saturated heterocycles. The molecule has 0 saturated carbocycles. The number of aromatic nitrogens is 3. The van der Waals surface area contributed by atoms with E-state index in [9.17, 15) is 18.0 Å². The molecule has 6 nitrogen and oxygen atoms in total. The van der Waals surface area contributed by atoms with Crippen molar-refractivity contribution in [2.24, 2.45) is 0 Å². The van der Waals surface area contributed by atoms with E-state index in [0.717, 1.165) is 12.3 Å². The van der Waals surface area contributed by atoms with E-state index < -0.39 is 17.8 Å². The number of benzene rings is 1. The Morgan fingerprint density at radius 2 is 2.00 bits per heavy atom. The summed E-state index contributed by atoms with van der Waals surface area (Å²) in [5, 5.41) is 6.39. The van der Waals surface area contributed by atoms with Crippen molar-refractivity contribution >= 4 is 11.6 Å². The molecular weight excluding hydrogens is 361 g/mol. The summed E-state index contributed by atoms with van der Waals surface area (Å²) in [6.07, 6.45) is -3.57. The number of amides is 1. The van der Waals surface area contributed by atoms with Gasteiger partial charge in [0.1, 0.15) is 5.56 Å². The lowest BCUT2D eigenvalue weighted by molar-refractivity contribution is -0.142. The van der Waals surface area contributed by atoms with Crippen molar-refractivity contribution in [3.8, 4) is 11.3 Å². The average molecular weight is 378 g/mol. The number of methoxy groups -OCH3 is 1. The Bertz CT molecular complexity index is 954. The lowest BCUT2D eigenvalue weighted by atomic mass is 10.1. The lowest BCUT2D eigenvalue weighted by Crippen LogP contribution is -2.35. The lowest BCUT2D eigenvalue weighted by Gasteiger charge is -2.13. The molecule has 1 aromatic carbocycles. The summed E-state index contributed by atoms with van der Waals surface area (Å²) in [6, 6.07) is 9.05. The largest absolute Gasteiger partial charge is 0.433 e. The second kappa shape index (κ2) is 7.36. The summed E-state index contributed by atoms with van der Waals surface area (Å²) in [6.45, 7) is 1.98. The highest BCUT2D eigenvalue weighted by molar-refractivity contribution is 6.00. The Hall–Kier alpha value is -2.94. The van der Waals surface area contributed by atoms with Gasteiger partial charge in [-0.3, -0.25) is 4.79 Å². The molecule has 3 rings (SSSR count). The van der Waals surface area contributed by atoms with Crippen molar-refractivity contribution < 1.29 is 22.7 Å². The van der Waals surface area contributed by atoms with Crippen LogP contribution < -0.4 is 5.32 Å². The van der Waals surface area contributed by atoms with Crippen LogP contribution in [0.25, 0.3) is 16.9 Å². The van der Waals surface area contributed by atoms with E-state index in [1.54, 1.807) is 37.3 Å². The molecule has 0 aliphatic carbocycles. The zero-order valence-corrected chi connectivity index (χ0v) is 14.6. The van der Waals surface area contributed by atoms with Crippen molar-refractivity contribution in [1.29, 1.82) is 0 Å². The van der Waals surface area contributed by atoms with Gasteiger partial charge >= 0.3 is 6.18 Å². The molecule has 0 bridgehead atoms. The van der Waals surface area contributed by atoms with Crippen molar-refractivity contribution in [3.05, 3.63) is 53.9 Å². The Balaban J connectivity index is 2.14. The van der Waals surface area contributed by atoms with Crippen molar-refractivity contribution in [1.82, 2.24) is 19.9 Å². The normalized spacial score (nSPS) is 12.9. The maximum Gasteiger partial charge on any atom is 0.433 e. The molecule has 1 unspecified atom stereocenters. The Morgan fingerprint density at radius 3 is 2.63 bits per heavy atom. The summed E-state index contributed by atoms with van der Waals surface area (Å²) in [5.74, 6) is -0.569. The third kappa shape index (κ3) is 3.92. The topological polar surface area (TPSA) is 68.5 Å². The maximum atomic E-state index is 13.5. The van der Waals surface area contributed by atoms with Crippen molar-refractivity contribution in [2.75, 3.05) is 13.7 Å². The van der Waals surface area contributed by atoms with Crippen LogP contribution in [0.3, 0.4) is 0 Å². The molecule has 0 spiro atoms. The Kier molecular flexibility index (Phi) is 5.13. The molecule has 0 fully saturated rings. The number of nitrogens with zero attached hydrogens (tertiary/aromatic N) is 3. The fourth-order valence-electron chi connectivity index (χ4n) is 2.67. The monoisotopic (exact) mass is 378 g/mol. The number of ether oxygens (including phenoxy) is 1. The van der Waals surface area contributed by atoms with Gasteiger partial charge in [0.2, 0.25) is 0 Å². The summed E-state index contributed by atoms with van der Waals surface area (Å²) in [5.41, 5.74) is -0.594. The number of nitrogens with one attached hydrogen (secondary N) is 1. The zero-order chi connectivity index (χ0) is 19.6. The highest BCUT2D eigenvalue weighted by Crippen LogP contribution is 2.32. The Morgan fingerprint density at radius 1 is 1.30 bits per heavy atom. The summed E-state index contributed by atoms with van der Waals surface area (Å²) >= 11 is 0. The highest BCUT2D eigenvalue weighted by Gasteiger charge is 2.36. The van der Waals surface area contributed by atoms with Gasteiger partial charge in [-0.15, -0.1) is 0 Å². The first kappa shape index (κ1) is 18.8. The molecule has 2 heterocycles. The van der Waals surface area contributed by atoms with E-state index in [4.69, 9.17) is 4.74 Å². The zero-order valence-electron chi connectivity index (χ0n) is 14.6. The van der Waals surface area contributed by atoms with Gasteiger partial charge in [0.25, 0.3) is 5.91 Å². The van der Waals surface area contributed by atoms with Gasteiger partial charge < -0.3 is 10.1 Å². The second-order valence-corrected chi connectivity index (χ2v) is 6.01. The molecule has 1 amide bonds. The fraction of sp³-hybridized carbons (Fsp3) is 0.278. The Labute approximate surface area is 153 Å². The number of rotatable bonds is 5. The van der Waals surface area contributed by atoms with E-state index in [2.05, 4.69) is 15.4 Å². The smallest absolute Gasteiger partial charge is 0.383 e. The minimum atomic E-state index is -4.66. The predicted octanol–water partition coefficient (Wildman–Crippen LogP) is 3.18. The number of carbonyl (C=O) groups excluding carboxylic acids is 1. The predicted molar refractivity (Wildman–Crippen MR) is 92.2 cm³/mol. The number of fused-ring (bicyclic) bond motifs is 1. The van der Waals surface area contributed by atoms with E-state index in [0.29, 0.717) is 10.1 Å². The van der Waals surface area contributed by atoms with Crippen LogP contribution in [0.1, 0.15) is 23.0 Å². The van der Waals surface area contributed by atoms with Gasteiger partial charge in [-0.25, -0.2) is 9.50 Å². The standard InChI is InChI=1S/C18H17F3N4O2/c1-11(10-27-2)23-17(26)13-9-22-25-15(18(19,20)21)8-14(24-16(13)25)12-6-4-3-5-7-12/h3-9,11H,10H2,1-2H3,(H,23,26). The first-order valence-corrected chi connectivity index (χ1v) is 8.12. The van der Waals surface area contributed by atoms with Crippen LogP contribution in [0, 0.1) is 0 Å². The molecular formula is C18H17F3N4O2. The molecule has 2 aromatic heterocycles. The number of alkyl halides is 3. The third-order valence-electron chi connectivity index (χ3n) is 3.87. The molecule has 0 radical (unpaired) electrons. The van der Waals surface area contributed by atoms with Crippen LogP contribution in [0.4, 0.5) is 13.2 Å². The second-order valence-electron chi connectivity index (χ2n) is 6.01. The number of halogens is 3. The number of hydrogen-bond acceptors (Lipinski definition) is 4. The summed E-state index contributed by atoms with van der Waals surface area (Å²) in [4.78, 5) is 16.7. The fourth-order valence-corrected chi connectivity index (χ4v) is 2.67. The molecule has 1 N–H and O–H groups in total. The van der Waals surface area contributed by atoms with Gasteiger partial charge in [-0.2, -0.15) is 18.3 Å². The molecule has 0 aliphatic rings. The molecule has 3 aromatic rings. The first-order chi connectivity index (χ1) is 12.8. The first-order valence-electron chi connectivity index (χ1n) is 8.12. The third-order valence-corrected chi connectivity index (χ3v) is 3.87. The number of hydrogen-bond donors (Lipinski definition) is 1. The minimum absolute atomic E-state index is 0.0405. The van der Waals surface area contributed by atoms with Crippen molar-refractivity contribution in [3.63, 3.8) is 0 Å². The van der Waals surface area contributed by atoms with Crippen molar-refractivity contribution in [2.45, 2.75) is 19.1 Å². The van der Waals surface area contributed by atoms with Crippen LogP contribution in [-0.4, -0.2) is 40.3 Å². The number of carbonyl (C=O) groups is 1. The SMILES string of the molecule is COCC(C)NC(=O)c1cnn2c(C(F)(F)F)cc(-c3ccccc3)nc12. The van der Waals surface area contributed by atoms with E-state index in [1.165, 1.54) is 7.11 Å². The van der Waals surface area contributed by atoms with E-state index in [1.807, 2.05) is 0 Å². The average Bonchev–Trinajstić information content (AvgIpc) is 3.05. The minimum Gasteiger partial charge on any atom is -0.383 e. The molecule has 142 valence electrons. The van der Waals surface area contributed by atoms with Crippen LogP contribution >= 0.6 is 0 Å². The molecule has 0 aliphatic heterocycles. The van der Waals surface area contributed by atoms with Crippen LogP contribution in [-0.2, 0) is 10.9 Å².